The smallest absolute Gasteiger partial charge is 0.150 e. The molecule has 0 radical (unpaired) electrons. The monoisotopic (exact) mass is 180 g/mol. The molecule has 1 nitrogen and oxygen atoms in total. The molecule has 0 spiro atoms. The molecule has 13 heavy (non-hydrogen) atoms. The topological polar surface area (TPSA) is 17.1 Å². The van der Waals surface area contributed by atoms with E-state index in [-0.39, 0.29) is 11.7 Å². The average Bonchev–Trinajstić information content (AvgIpc) is 2.16. The van der Waals surface area contributed by atoms with Crippen molar-refractivity contribution >= 4 is 6.29 Å². The van der Waals surface area contributed by atoms with Gasteiger partial charge in [0.2, 0.25) is 0 Å². The summed E-state index contributed by atoms with van der Waals surface area (Å²) in [5, 5.41) is 0. The van der Waals surface area contributed by atoms with Gasteiger partial charge in [-0.05, 0) is 24.0 Å². The normalized spacial score (nSPS) is 12.5. The third-order valence-corrected chi connectivity index (χ3v) is 2.30. The Hall–Kier alpha value is -1.18. The summed E-state index contributed by atoms with van der Waals surface area (Å²) in [6.45, 7) is 3.98. The van der Waals surface area contributed by atoms with Crippen LogP contribution in [-0.4, -0.2) is 6.29 Å². The van der Waals surface area contributed by atoms with Crippen molar-refractivity contribution in [3.05, 3.63) is 35.1 Å². The van der Waals surface area contributed by atoms with Crippen molar-refractivity contribution in [2.75, 3.05) is 0 Å². The minimum absolute atomic E-state index is 0.209. The lowest BCUT2D eigenvalue weighted by Gasteiger charge is -2.09. The standard InChI is InChI=1S/C11H13FO/c1-3-8(2)10-5-4-9(7-13)6-11(10)12/h4-8H,3H2,1-2H3. The highest BCUT2D eigenvalue weighted by atomic mass is 19.1. The molecule has 1 rings (SSSR count). The second-order valence-corrected chi connectivity index (χ2v) is 3.21. The van der Waals surface area contributed by atoms with Crippen molar-refractivity contribution in [3.8, 4) is 0 Å². The van der Waals surface area contributed by atoms with Crippen molar-refractivity contribution < 1.29 is 9.18 Å². The lowest BCUT2D eigenvalue weighted by molar-refractivity contribution is 0.112. The van der Waals surface area contributed by atoms with Crippen molar-refractivity contribution in [1.29, 1.82) is 0 Å². The summed E-state index contributed by atoms with van der Waals surface area (Å²) in [6, 6.07) is 4.62. The molecule has 0 saturated heterocycles. The Kier molecular flexibility index (Phi) is 3.18. The van der Waals surface area contributed by atoms with Crippen molar-refractivity contribution in [2.45, 2.75) is 26.2 Å². The van der Waals surface area contributed by atoms with E-state index in [0.717, 1.165) is 6.42 Å². The Labute approximate surface area is 77.6 Å². The Bertz CT molecular complexity index is 307. The molecule has 0 heterocycles. The Morgan fingerprint density at radius 1 is 1.54 bits per heavy atom. The van der Waals surface area contributed by atoms with Crippen LogP contribution in [0.5, 0.6) is 0 Å². The molecule has 1 unspecified atom stereocenters. The van der Waals surface area contributed by atoms with Gasteiger partial charge in [0.25, 0.3) is 0 Å². The van der Waals surface area contributed by atoms with Crippen LogP contribution in [0, 0.1) is 5.82 Å². The Balaban J connectivity index is 3.04. The van der Waals surface area contributed by atoms with E-state index < -0.39 is 0 Å². The van der Waals surface area contributed by atoms with E-state index in [1.165, 1.54) is 6.07 Å². The van der Waals surface area contributed by atoms with Crippen LogP contribution >= 0.6 is 0 Å². The summed E-state index contributed by atoms with van der Waals surface area (Å²) in [5.41, 5.74) is 1.08. The van der Waals surface area contributed by atoms with Crippen LogP contribution in [0.1, 0.15) is 42.1 Å². The quantitative estimate of drug-likeness (QED) is 0.653. The number of hydrogen-bond acceptors (Lipinski definition) is 1. The summed E-state index contributed by atoms with van der Waals surface area (Å²) in [6.07, 6.45) is 1.56. The van der Waals surface area contributed by atoms with Crippen LogP contribution in [0.25, 0.3) is 0 Å². The van der Waals surface area contributed by atoms with Crippen LogP contribution in [0.2, 0.25) is 0 Å². The molecule has 0 saturated carbocycles. The molecule has 1 aromatic rings. The third-order valence-electron chi connectivity index (χ3n) is 2.30. The van der Waals surface area contributed by atoms with Crippen molar-refractivity contribution in [2.24, 2.45) is 0 Å². The fourth-order valence-electron chi connectivity index (χ4n) is 1.24. The van der Waals surface area contributed by atoms with Crippen molar-refractivity contribution in [3.63, 3.8) is 0 Å². The summed E-state index contributed by atoms with van der Waals surface area (Å²) < 4.78 is 13.3. The summed E-state index contributed by atoms with van der Waals surface area (Å²) in [5.74, 6) is -0.0698. The van der Waals surface area contributed by atoms with E-state index in [2.05, 4.69) is 0 Å². The molecule has 70 valence electrons. The molecule has 1 atom stereocenters. The minimum Gasteiger partial charge on any atom is -0.298 e. The van der Waals surface area contributed by atoms with Crippen molar-refractivity contribution in [1.82, 2.24) is 0 Å². The number of halogens is 1. The molecule has 0 aliphatic carbocycles. The number of benzene rings is 1. The highest BCUT2D eigenvalue weighted by Gasteiger charge is 2.08. The van der Waals surface area contributed by atoms with Gasteiger partial charge in [-0.2, -0.15) is 0 Å². The number of aldehydes is 1. The first kappa shape index (κ1) is 9.90. The zero-order valence-electron chi connectivity index (χ0n) is 7.88. The summed E-state index contributed by atoms with van der Waals surface area (Å²) in [7, 11) is 0. The average molecular weight is 180 g/mol. The highest BCUT2D eigenvalue weighted by molar-refractivity contribution is 5.74. The lowest BCUT2D eigenvalue weighted by atomic mass is 9.97. The third kappa shape index (κ3) is 2.14. The fraction of sp³-hybridized carbons (Fsp3) is 0.364. The first-order valence-electron chi connectivity index (χ1n) is 4.43. The number of hydrogen-bond donors (Lipinski definition) is 0. The molecule has 0 amide bonds. The minimum atomic E-state index is -0.279. The molecule has 0 aliphatic heterocycles. The first-order chi connectivity index (χ1) is 6.19. The van der Waals surface area contributed by atoms with Gasteiger partial charge in [0.15, 0.2) is 0 Å². The SMILES string of the molecule is CCC(C)c1ccc(C=O)cc1F. The van der Waals surface area contributed by atoms with Gasteiger partial charge >= 0.3 is 0 Å². The first-order valence-corrected chi connectivity index (χ1v) is 4.43. The van der Waals surface area contributed by atoms with E-state index in [9.17, 15) is 9.18 Å². The Morgan fingerprint density at radius 2 is 2.23 bits per heavy atom. The van der Waals surface area contributed by atoms with Gasteiger partial charge in [-0.25, -0.2) is 4.39 Å². The fourth-order valence-corrected chi connectivity index (χ4v) is 1.24. The molecular formula is C11H13FO. The molecule has 0 bridgehead atoms. The summed E-state index contributed by atoms with van der Waals surface area (Å²) >= 11 is 0. The predicted molar refractivity (Wildman–Crippen MR) is 50.5 cm³/mol. The van der Waals surface area contributed by atoms with Gasteiger partial charge in [-0.1, -0.05) is 26.0 Å². The van der Waals surface area contributed by atoms with Gasteiger partial charge < -0.3 is 0 Å². The predicted octanol–water partition coefficient (Wildman–Crippen LogP) is 3.15. The molecule has 0 N–H and O–H groups in total. The van der Waals surface area contributed by atoms with E-state index in [0.29, 0.717) is 17.4 Å². The number of carbonyl (C=O) groups is 1. The lowest BCUT2D eigenvalue weighted by Crippen LogP contribution is -1.96. The second-order valence-electron chi connectivity index (χ2n) is 3.21. The van der Waals surface area contributed by atoms with Crippen LogP contribution in [-0.2, 0) is 0 Å². The van der Waals surface area contributed by atoms with E-state index in [1.807, 2.05) is 13.8 Å². The molecule has 0 aromatic heterocycles. The Morgan fingerprint density at radius 3 is 2.69 bits per heavy atom. The molecular weight excluding hydrogens is 167 g/mol. The molecule has 1 aromatic carbocycles. The largest absolute Gasteiger partial charge is 0.298 e. The highest BCUT2D eigenvalue weighted by Crippen LogP contribution is 2.21. The zero-order chi connectivity index (χ0) is 9.84. The molecule has 0 aliphatic rings. The van der Waals surface area contributed by atoms with E-state index >= 15 is 0 Å². The maximum atomic E-state index is 13.3. The van der Waals surface area contributed by atoms with Gasteiger partial charge in [0, 0.05) is 5.56 Å². The van der Waals surface area contributed by atoms with Crippen LogP contribution in [0.3, 0.4) is 0 Å². The maximum Gasteiger partial charge on any atom is 0.150 e. The molecule has 2 heteroatoms. The van der Waals surface area contributed by atoms with E-state index in [4.69, 9.17) is 0 Å². The van der Waals surface area contributed by atoms with Crippen LogP contribution in [0.15, 0.2) is 18.2 Å². The van der Waals surface area contributed by atoms with Crippen LogP contribution < -0.4 is 0 Å². The number of carbonyl (C=O) groups excluding carboxylic acids is 1. The van der Waals surface area contributed by atoms with Gasteiger partial charge in [-0.3, -0.25) is 4.79 Å². The van der Waals surface area contributed by atoms with Gasteiger partial charge in [0.05, 0.1) is 0 Å². The second kappa shape index (κ2) is 4.17. The van der Waals surface area contributed by atoms with Gasteiger partial charge in [-0.15, -0.1) is 0 Å². The maximum absolute atomic E-state index is 13.3. The summed E-state index contributed by atoms with van der Waals surface area (Å²) in [4.78, 5) is 10.3. The van der Waals surface area contributed by atoms with Gasteiger partial charge in [0.1, 0.15) is 12.1 Å². The van der Waals surface area contributed by atoms with E-state index in [1.54, 1.807) is 12.1 Å². The van der Waals surface area contributed by atoms with Crippen LogP contribution in [0.4, 0.5) is 4.39 Å². The molecule has 0 fully saturated rings. The number of rotatable bonds is 3. The zero-order valence-corrected chi connectivity index (χ0v) is 7.88.